The summed E-state index contributed by atoms with van der Waals surface area (Å²) in [4.78, 5) is 11.9. The summed E-state index contributed by atoms with van der Waals surface area (Å²) in [5.41, 5.74) is 0. The Bertz CT molecular complexity index is 391. The molecule has 0 unspecified atom stereocenters. The topological polar surface area (TPSA) is 105 Å². The Balaban J connectivity index is 2.27. The van der Waals surface area contributed by atoms with Crippen LogP contribution < -0.4 is 0 Å². The predicted molar refractivity (Wildman–Crippen MR) is 101 cm³/mol. The molecule has 0 aromatic rings. The molecule has 0 aromatic carbocycles. The maximum absolute atomic E-state index is 11.9. The lowest BCUT2D eigenvalue weighted by atomic mass is 9.99. The minimum atomic E-state index is -1.41. The Kier molecular flexibility index (Phi) is 12.9. The van der Waals surface area contributed by atoms with Crippen LogP contribution in [0.2, 0.25) is 0 Å². The van der Waals surface area contributed by atoms with Crippen LogP contribution >= 0.6 is 0 Å². The molecule has 0 saturated carbocycles. The second-order valence-corrected chi connectivity index (χ2v) is 7.29. The molecule has 0 aliphatic carbocycles. The number of aliphatic hydroxyl groups is 3. The average Bonchev–Trinajstić information content (AvgIpc) is 2.66. The molecule has 0 radical (unpaired) electrons. The van der Waals surface area contributed by atoms with Crippen molar-refractivity contribution in [2.45, 2.75) is 109 Å². The van der Waals surface area contributed by atoms with Crippen molar-refractivity contribution >= 4 is 5.97 Å². The number of hydrogen-bond donors (Lipinski definition) is 3. The summed E-state index contributed by atoms with van der Waals surface area (Å²) >= 11 is 0. The Morgan fingerprint density at radius 3 is 2.15 bits per heavy atom. The first-order valence-corrected chi connectivity index (χ1v) is 10.5. The number of rotatable bonds is 14. The highest BCUT2D eigenvalue weighted by Gasteiger charge is 2.44. The van der Waals surface area contributed by atoms with Crippen LogP contribution in [0, 0.1) is 0 Å². The molecule has 7 nitrogen and oxygen atoms in total. The number of unbranched alkanes of at least 4 members (excludes halogenated alkanes) is 7. The Morgan fingerprint density at radius 1 is 0.852 bits per heavy atom. The molecule has 27 heavy (non-hydrogen) atoms. The van der Waals surface area contributed by atoms with Crippen LogP contribution in [-0.2, 0) is 19.0 Å². The minimum absolute atomic E-state index is 0.173. The van der Waals surface area contributed by atoms with Crippen LogP contribution in [0.15, 0.2) is 0 Å². The molecule has 3 N–H and O–H groups in total. The molecule has 1 aliphatic rings. The summed E-state index contributed by atoms with van der Waals surface area (Å²) in [7, 11) is 0. The predicted octanol–water partition coefficient (Wildman–Crippen LogP) is 2.29. The van der Waals surface area contributed by atoms with Crippen LogP contribution in [0.5, 0.6) is 0 Å². The fraction of sp³-hybridized carbons (Fsp3) is 0.950. The van der Waals surface area contributed by atoms with E-state index >= 15 is 0 Å². The zero-order valence-electron chi connectivity index (χ0n) is 16.8. The summed E-state index contributed by atoms with van der Waals surface area (Å²) in [6.45, 7) is 4.40. The maximum atomic E-state index is 11.9. The third-order valence-electron chi connectivity index (χ3n) is 4.84. The summed E-state index contributed by atoms with van der Waals surface area (Å²) < 4.78 is 16.1. The summed E-state index contributed by atoms with van der Waals surface area (Å²) in [6.07, 6.45) is 3.84. The van der Waals surface area contributed by atoms with E-state index in [9.17, 15) is 20.1 Å². The third kappa shape index (κ3) is 9.34. The molecule has 1 aliphatic heterocycles. The number of esters is 1. The Hall–Kier alpha value is -0.730. The SMILES string of the molecule is CCCCCCCCCC(=O)OC[C@H]1O[C@H](OCCCC)[C@H](O)[C@@H](O)[C@@H]1O. The van der Waals surface area contributed by atoms with Crippen molar-refractivity contribution < 1.29 is 34.3 Å². The number of carbonyl (C=O) groups excluding carboxylic acids is 1. The molecule has 0 amide bonds. The van der Waals surface area contributed by atoms with Gasteiger partial charge in [0.15, 0.2) is 6.29 Å². The van der Waals surface area contributed by atoms with E-state index in [0.29, 0.717) is 13.0 Å². The van der Waals surface area contributed by atoms with E-state index in [1.807, 2.05) is 6.92 Å². The van der Waals surface area contributed by atoms with Gasteiger partial charge in [-0.15, -0.1) is 0 Å². The smallest absolute Gasteiger partial charge is 0.305 e. The van der Waals surface area contributed by atoms with Crippen LogP contribution in [0.3, 0.4) is 0 Å². The van der Waals surface area contributed by atoms with Crippen LogP contribution in [0.1, 0.15) is 78.1 Å². The van der Waals surface area contributed by atoms with Gasteiger partial charge in [-0.1, -0.05) is 58.8 Å². The second-order valence-electron chi connectivity index (χ2n) is 7.29. The molecule has 1 heterocycles. The lowest BCUT2D eigenvalue weighted by Crippen LogP contribution is -2.59. The maximum Gasteiger partial charge on any atom is 0.305 e. The number of hydrogen-bond acceptors (Lipinski definition) is 7. The van der Waals surface area contributed by atoms with E-state index in [1.165, 1.54) is 25.7 Å². The first kappa shape index (κ1) is 24.3. The number of carbonyl (C=O) groups is 1. The number of aliphatic hydroxyl groups excluding tert-OH is 3. The molecular weight excluding hydrogens is 352 g/mol. The van der Waals surface area contributed by atoms with Crippen molar-refractivity contribution in [3.8, 4) is 0 Å². The molecule has 1 fully saturated rings. The standard InChI is InChI=1S/C20H38O7/c1-3-5-7-8-9-10-11-12-16(21)26-14-15-17(22)18(23)19(24)20(27-15)25-13-6-4-2/h15,17-20,22-24H,3-14H2,1-2H3/t15-,17-,18+,19-,20+/m1/s1. The van der Waals surface area contributed by atoms with Crippen LogP contribution in [0.25, 0.3) is 0 Å². The van der Waals surface area contributed by atoms with Gasteiger partial charge < -0.3 is 29.5 Å². The molecule has 5 atom stereocenters. The van der Waals surface area contributed by atoms with E-state index in [4.69, 9.17) is 14.2 Å². The van der Waals surface area contributed by atoms with Gasteiger partial charge in [-0.3, -0.25) is 4.79 Å². The summed E-state index contributed by atoms with van der Waals surface area (Å²) in [6, 6.07) is 0. The van der Waals surface area contributed by atoms with Crippen molar-refractivity contribution in [1.82, 2.24) is 0 Å². The van der Waals surface area contributed by atoms with Gasteiger partial charge in [0.05, 0.1) is 0 Å². The first-order valence-electron chi connectivity index (χ1n) is 10.5. The fourth-order valence-electron chi connectivity index (χ4n) is 3.01. The molecule has 7 heteroatoms. The molecular formula is C20H38O7. The monoisotopic (exact) mass is 390 g/mol. The summed E-state index contributed by atoms with van der Waals surface area (Å²) in [5, 5.41) is 30.0. The van der Waals surface area contributed by atoms with Crippen molar-refractivity contribution in [2.24, 2.45) is 0 Å². The zero-order valence-corrected chi connectivity index (χ0v) is 16.8. The van der Waals surface area contributed by atoms with E-state index < -0.39 is 30.7 Å². The molecule has 1 rings (SSSR count). The van der Waals surface area contributed by atoms with E-state index in [2.05, 4.69) is 6.92 Å². The number of ether oxygens (including phenoxy) is 3. The Morgan fingerprint density at radius 2 is 1.48 bits per heavy atom. The fourth-order valence-corrected chi connectivity index (χ4v) is 3.01. The van der Waals surface area contributed by atoms with Gasteiger partial charge in [0.25, 0.3) is 0 Å². The summed E-state index contributed by atoms with van der Waals surface area (Å²) in [5.74, 6) is -0.344. The van der Waals surface area contributed by atoms with Crippen molar-refractivity contribution in [2.75, 3.05) is 13.2 Å². The lowest BCUT2D eigenvalue weighted by molar-refractivity contribution is -0.301. The Labute approximate surface area is 163 Å². The van der Waals surface area contributed by atoms with Gasteiger partial charge in [0.2, 0.25) is 0 Å². The quantitative estimate of drug-likeness (QED) is 0.309. The van der Waals surface area contributed by atoms with Crippen LogP contribution in [0.4, 0.5) is 0 Å². The van der Waals surface area contributed by atoms with Crippen molar-refractivity contribution in [1.29, 1.82) is 0 Å². The highest BCUT2D eigenvalue weighted by molar-refractivity contribution is 5.69. The molecule has 0 bridgehead atoms. The average molecular weight is 391 g/mol. The van der Waals surface area contributed by atoms with Crippen molar-refractivity contribution in [3.63, 3.8) is 0 Å². The van der Waals surface area contributed by atoms with E-state index in [0.717, 1.165) is 32.1 Å². The van der Waals surface area contributed by atoms with Gasteiger partial charge in [-0.05, 0) is 12.8 Å². The van der Waals surface area contributed by atoms with E-state index in [1.54, 1.807) is 0 Å². The van der Waals surface area contributed by atoms with Gasteiger partial charge in [-0.25, -0.2) is 0 Å². The highest BCUT2D eigenvalue weighted by atomic mass is 16.7. The van der Waals surface area contributed by atoms with Crippen molar-refractivity contribution in [3.05, 3.63) is 0 Å². The van der Waals surface area contributed by atoms with Gasteiger partial charge >= 0.3 is 5.97 Å². The zero-order chi connectivity index (χ0) is 20.1. The van der Waals surface area contributed by atoms with Gasteiger partial charge in [0.1, 0.15) is 31.0 Å². The molecule has 1 saturated heterocycles. The minimum Gasteiger partial charge on any atom is -0.463 e. The molecule has 160 valence electrons. The normalized spacial score (nSPS) is 28.3. The van der Waals surface area contributed by atoms with Crippen LogP contribution in [-0.4, -0.2) is 65.2 Å². The lowest BCUT2D eigenvalue weighted by Gasteiger charge is -2.39. The molecule has 0 aromatic heterocycles. The highest BCUT2D eigenvalue weighted by Crippen LogP contribution is 2.23. The van der Waals surface area contributed by atoms with E-state index in [-0.39, 0.29) is 12.6 Å². The largest absolute Gasteiger partial charge is 0.463 e. The van der Waals surface area contributed by atoms with Gasteiger partial charge in [-0.2, -0.15) is 0 Å². The third-order valence-corrected chi connectivity index (χ3v) is 4.84. The van der Waals surface area contributed by atoms with Gasteiger partial charge in [0, 0.05) is 13.0 Å². The molecule has 0 spiro atoms. The first-order chi connectivity index (χ1) is 13.0. The second kappa shape index (κ2) is 14.3.